The number of carbonyl (C=O) groups is 1. The number of para-hydroxylation sites is 1. The average Bonchev–Trinajstić information content (AvgIpc) is 2.43. The second-order valence-electron chi connectivity index (χ2n) is 4.91. The van der Waals surface area contributed by atoms with Gasteiger partial charge in [-0.25, -0.2) is 4.79 Å². The molecular weight excluding hydrogens is 248 g/mol. The molecule has 0 aliphatic rings. The number of rotatable bonds is 3. The number of hydrogen-bond acceptors (Lipinski definition) is 1. The van der Waals surface area contributed by atoms with Crippen LogP contribution in [-0.4, -0.2) is 6.03 Å². The van der Waals surface area contributed by atoms with Crippen LogP contribution >= 0.6 is 0 Å². The van der Waals surface area contributed by atoms with Gasteiger partial charge in [0.2, 0.25) is 0 Å². The molecule has 0 spiro atoms. The minimum atomic E-state index is -0.209. The molecule has 0 heterocycles. The van der Waals surface area contributed by atoms with Crippen molar-refractivity contribution >= 4 is 17.4 Å². The average molecular weight is 268 g/mol. The highest BCUT2D eigenvalue weighted by molar-refractivity contribution is 6.00. The van der Waals surface area contributed by atoms with E-state index in [4.69, 9.17) is 0 Å². The molecule has 2 rings (SSSR count). The fourth-order valence-electron chi connectivity index (χ4n) is 2.10. The van der Waals surface area contributed by atoms with Gasteiger partial charge in [-0.05, 0) is 49.1 Å². The Hall–Kier alpha value is -2.29. The Balaban J connectivity index is 2.11. The molecule has 2 N–H and O–H groups in total. The summed E-state index contributed by atoms with van der Waals surface area (Å²) in [5, 5.41) is 5.81. The molecule has 104 valence electrons. The number of anilines is 2. The minimum absolute atomic E-state index is 0.209. The van der Waals surface area contributed by atoms with Gasteiger partial charge >= 0.3 is 6.03 Å². The van der Waals surface area contributed by atoms with E-state index in [9.17, 15) is 4.79 Å². The van der Waals surface area contributed by atoms with Crippen LogP contribution in [0.15, 0.2) is 42.5 Å². The number of benzene rings is 2. The highest BCUT2D eigenvalue weighted by atomic mass is 16.2. The lowest BCUT2D eigenvalue weighted by molar-refractivity contribution is 0.262. The summed E-state index contributed by atoms with van der Waals surface area (Å²) >= 11 is 0. The normalized spacial score (nSPS) is 10.2. The zero-order valence-corrected chi connectivity index (χ0v) is 12.2. The largest absolute Gasteiger partial charge is 0.323 e. The SMILES string of the molecule is CCc1ccccc1NC(=O)Nc1cc(C)ccc1C. The summed E-state index contributed by atoms with van der Waals surface area (Å²) < 4.78 is 0. The van der Waals surface area contributed by atoms with Crippen molar-refractivity contribution in [1.29, 1.82) is 0 Å². The molecule has 0 saturated heterocycles. The van der Waals surface area contributed by atoms with Gasteiger partial charge in [0.15, 0.2) is 0 Å². The summed E-state index contributed by atoms with van der Waals surface area (Å²) in [6.07, 6.45) is 0.889. The van der Waals surface area contributed by atoms with Crippen LogP contribution in [0.25, 0.3) is 0 Å². The fraction of sp³-hybridized carbons (Fsp3) is 0.235. The summed E-state index contributed by atoms with van der Waals surface area (Å²) in [7, 11) is 0. The Morgan fingerprint density at radius 2 is 1.70 bits per heavy atom. The van der Waals surface area contributed by atoms with Gasteiger partial charge in [-0.15, -0.1) is 0 Å². The summed E-state index contributed by atoms with van der Waals surface area (Å²) in [5.74, 6) is 0. The third kappa shape index (κ3) is 3.38. The Labute approximate surface area is 120 Å². The molecule has 0 aromatic heterocycles. The van der Waals surface area contributed by atoms with E-state index < -0.39 is 0 Å². The van der Waals surface area contributed by atoms with Crippen LogP contribution in [0.3, 0.4) is 0 Å². The first-order valence-electron chi connectivity index (χ1n) is 6.83. The smallest absolute Gasteiger partial charge is 0.307 e. The van der Waals surface area contributed by atoms with Crippen molar-refractivity contribution in [3.05, 3.63) is 59.2 Å². The maximum atomic E-state index is 12.1. The van der Waals surface area contributed by atoms with Crippen LogP contribution in [0, 0.1) is 13.8 Å². The molecule has 2 aromatic carbocycles. The van der Waals surface area contributed by atoms with Crippen LogP contribution in [0.1, 0.15) is 23.6 Å². The van der Waals surface area contributed by atoms with Gasteiger partial charge in [0, 0.05) is 11.4 Å². The van der Waals surface area contributed by atoms with E-state index in [0.29, 0.717) is 0 Å². The van der Waals surface area contributed by atoms with Gasteiger partial charge in [-0.3, -0.25) is 0 Å². The Bertz CT molecular complexity index is 620. The Morgan fingerprint density at radius 1 is 1.00 bits per heavy atom. The summed E-state index contributed by atoms with van der Waals surface area (Å²) in [4.78, 5) is 12.1. The number of aryl methyl sites for hydroxylation is 3. The third-order valence-electron chi connectivity index (χ3n) is 3.29. The van der Waals surface area contributed by atoms with E-state index in [1.54, 1.807) is 0 Å². The highest BCUT2D eigenvalue weighted by Crippen LogP contribution is 2.18. The number of amides is 2. The predicted molar refractivity (Wildman–Crippen MR) is 84.4 cm³/mol. The molecule has 0 bridgehead atoms. The summed E-state index contributed by atoms with van der Waals surface area (Å²) in [6, 6.07) is 13.6. The van der Waals surface area contributed by atoms with Gasteiger partial charge in [0.05, 0.1) is 0 Å². The summed E-state index contributed by atoms with van der Waals surface area (Å²) in [6.45, 7) is 6.06. The maximum absolute atomic E-state index is 12.1. The lowest BCUT2D eigenvalue weighted by Gasteiger charge is -2.12. The molecule has 0 aliphatic heterocycles. The molecule has 3 nitrogen and oxygen atoms in total. The second-order valence-corrected chi connectivity index (χ2v) is 4.91. The van der Waals surface area contributed by atoms with Crippen molar-refractivity contribution in [2.24, 2.45) is 0 Å². The van der Waals surface area contributed by atoms with E-state index in [-0.39, 0.29) is 6.03 Å². The van der Waals surface area contributed by atoms with Crippen LogP contribution in [0.2, 0.25) is 0 Å². The molecule has 2 aromatic rings. The molecule has 0 saturated carbocycles. The van der Waals surface area contributed by atoms with E-state index in [1.165, 1.54) is 0 Å². The van der Waals surface area contributed by atoms with Crippen LogP contribution in [0.5, 0.6) is 0 Å². The number of urea groups is 1. The molecule has 0 radical (unpaired) electrons. The van der Waals surface area contributed by atoms with E-state index in [0.717, 1.165) is 34.5 Å². The Morgan fingerprint density at radius 3 is 2.45 bits per heavy atom. The Kier molecular flexibility index (Phi) is 4.41. The van der Waals surface area contributed by atoms with Gasteiger partial charge in [-0.2, -0.15) is 0 Å². The molecule has 0 unspecified atom stereocenters. The van der Waals surface area contributed by atoms with Crippen molar-refractivity contribution in [1.82, 2.24) is 0 Å². The van der Waals surface area contributed by atoms with Gasteiger partial charge in [-0.1, -0.05) is 37.3 Å². The standard InChI is InChI=1S/C17H20N2O/c1-4-14-7-5-6-8-15(14)18-17(20)19-16-11-12(2)9-10-13(16)3/h5-11H,4H2,1-3H3,(H2,18,19,20). The number of hydrogen-bond donors (Lipinski definition) is 2. The zero-order valence-electron chi connectivity index (χ0n) is 12.2. The molecular formula is C17H20N2O. The first kappa shape index (κ1) is 14.1. The van der Waals surface area contributed by atoms with Crippen molar-refractivity contribution in [2.75, 3.05) is 10.6 Å². The van der Waals surface area contributed by atoms with Crippen molar-refractivity contribution in [2.45, 2.75) is 27.2 Å². The topological polar surface area (TPSA) is 41.1 Å². The van der Waals surface area contributed by atoms with Crippen molar-refractivity contribution in [3.63, 3.8) is 0 Å². The molecule has 0 atom stereocenters. The molecule has 3 heteroatoms. The van der Waals surface area contributed by atoms with E-state index >= 15 is 0 Å². The third-order valence-corrected chi connectivity index (χ3v) is 3.29. The first-order chi connectivity index (χ1) is 9.60. The van der Waals surface area contributed by atoms with Gasteiger partial charge in [0.1, 0.15) is 0 Å². The highest BCUT2D eigenvalue weighted by Gasteiger charge is 2.07. The monoisotopic (exact) mass is 268 g/mol. The van der Waals surface area contributed by atoms with Gasteiger partial charge in [0.25, 0.3) is 0 Å². The van der Waals surface area contributed by atoms with Crippen LogP contribution in [0.4, 0.5) is 16.2 Å². The minimum Gasteiger partial charge on any atom is -0.307 e. The molecule has 2 amide bonds. The quantitative estimate of drug-likeness (QED) is 0.844. The number of carbonyl (C=O) groups excluding carboxylic acids is 1. The van der Waals surface area contributed by atoms with E-state index in [1.807, 2.05) is 56.3 Å². The molecule has 20 heavy (non-hydrogen) atoms. The van der Waals surface area contributed by atoms with Gasteiger partial charge < -0.3 is 10.6 Å². The van der Waals surface area contributed by atoms with Crippen molar-refractivity contribution < 1.29 is 4.79 Å². The predicted octanol–water partition coefficient (Wildman–Crippen LogP) is 4.51. The molecule has 0 aliphatic carbocycles. The van der Waals surface area contributed by atoms with Crippen molar-refractivity contribution in [3.8, 4) is 0 Å². The fourth-order valence-corrected chi connectivity index (χ4v) is 2.10. The second kappa shape index (κ2) is 6.24. The summed E-state index contributed by atoms with van der Waals surface area (Å²) in [5.41, 5.74) is 5.01. The molecule has 0 fully saturated rings. The zero-order chi connectivity index (χ0) is 14.5. The number of nitrogens with one attached hydrogen (secondary N) is 2. The van der Waals surface area contributed by atoms with Crippen LogP contribution in [-0.2, 0) is 6.42 Å². The van der Waals surface area contributed by atoms with E-state index in [2.05, 4.69) is 17.6 Å². The van der Waals surface area contributed by atoms with Crippen LogP contribution < -0.4 is 10.6 Å². The lowest BCUT2D eigenvalue weighted by atomic mass is 10.1. The lowest BCUT2D eigenvalue weighted by Crippen LogP contribution is -2.20. The first-order valence-corrected chi connectivity index (χ1v) is 6.83. The maximum Gasteiger partial charge on any atom is 0.323 e.